The number of thiocarbonyl (C=S) groups is 1. The standard InChI is InChI=1S/C14H18N4O2S/c1-16-13(19)11-4-2-3-7-18(11)14(20)10-6-5-9(8-17-10)12(15)21/h5-6,8,11H,2-4,7H2,1H3,(H2,15,21)(H,16,19). The number of carbonyl (C=O) groups excluding carboxylic acids is 2. The Balaban J connectivity index is 2.20. The lowest BCUT2D eigenvalue weighted by molar-refractivity contribution is -0.126. The van der Waals surface area contributed by atoms with Gasteiger partial charge in [0.2, 0.25) is 5.91 Å². The maximum Gasteiger partial charge on any atom is 0.273 e. The maximum atomic E-state index is 12.5. The van der Waals surface area contributed by atoms with Crippen LogP contribution in [0.15, 0.2) is 18.3 Å². The number of hydrogen-bond donors (Lipinski definition) is 2. The first kappa shape index (κ1) is 15.4. The van der Waals surface area contributed by atoms with Crippen molar-refractivity contribution in [2.75, 3.05) is 13.6 Å². The summed E-state index contributed by atoms with van der Waals surface area (Å²) in [4.78, 5) is 30.4. The van der Waals surface area contributed by atoms with Gasteiger partial charge >= 0.3 is 0 Å². The number of pyridine rings is 1. The van der Waals surface area contributed by atoms with Gasteiger partial charge in [0, 0.05) is 25.4 Å². The Kier molecular flexibility index (Phi) is 4.85. The number of likely N-dealkylation sites (N-methyl/N-ethyl adjacent to an activating group) is 1. The molecule has 0 saturated carbocycles. The Hall–Kier alpha value is -2.02. The van der Waals surface area contributed by atoms with Crippen molar-refractivity contribution in [1.82, 2.24) is 15.2 Å². The van der Waals surface area contributed by atoms with E-state index in [1.54, 1.807) is 24.1 Å². The van der Waals surface area contributed by atoms with E-state index < -0.39 is 6.04 Å². The molecule has 1 saturated heterocycles. The predicted molar refractivity (Wildman–Crippen MR) is 82.9 cm³/mol. The van der Waals surface area contributed by atoms with E-state index in [1.807, 2.05) is 0 Å². The molecule has 2 rings (SSSR count). The summed E-state index contributed by atoms with van der Waals surface area (Å²) < 4.78 is 0. The molecule has 2 amide bonds. The molecule has 1 atom stereocenters. The highest BCUT2D eigenvalue weighted by Gasteiger charge is 2.32. The lowest BCUT2D eigenvalue weighted by atomic mass is 10.0. The average Bonchev–Trinajstić information content (AvgIpc) is 2.53. The van der Waals surface area contributed by atoms with Gasteiger partial charge in [-0.1, -0.05) is 12.2 Å². The Bertz CT molecular complexity index is 559. The van der Waals surface area contributed by atoms with E-state index in [1.165, 1.54) is 6.20 Å². The van der Waals surface area contributed by atoms with Crippen LogP contribution in [0.1, 0.15) is 35.3 Å². The topological polar surface area (TPSA) is 88.3 Å². The van der Waals surface area contributed by atoms with Gasteiger partial charge in [-0.3, -0.25) is 14.6 Å². The number of nitrogens with two attached hydrogens (primary N) is 1. The molecule has 1 aromatic rings. The lowest BCUT2D eigenvalue weighted by Crippen LogP contribution is -2.51. The summed E-state index contributed by atoms with van der Waals surface area (Å²) in [7, 11) is 1.58. The number of likely N-dealkylation sites (tertiary alicyclic amines) is 1. The minimum atomic E-state index is -0.423. The van der Waals surface area contributed by atoms with Gasteiger partial charge in [0.15, 0.2) is 0 Å². The molecule has 6 nitrogen and oxygen atoms in total. The fourth-order valence-corrected chi connectivity index (χ4v) is 2.55. The molecule has 3 N–H and O–H groups in total. The Morgan fingerprint density at radius 1 is 1.43 bits per heavy atom. The van der Waals surface area contributed by atoms with E-state index in [4.69, 9.17) is 18.0 Å². The Labute approximate surface area is 128 Å². The van der Waals surface area contributed by atoms with Crippen LogP contribution in [0, 0.1) is 0 Å². The molecule has 1 aliphatic rings. The van der Waals surface area contributed by atoms with Crippen LogP contribution in [0.25, 0.3) is 0 Å². The maximum absolute atomic E-state index is 12.5. The van der Waals surface area contributed by atoms with E-state index in [0.29, 0.717) is 24.2 Å². The van der Waals surface area contributed by atoms with E-state index in [0.717, 1.165) is 12.8 Å². The minimum absolute atomic E-state index is 0.136. The first-order valence-electron chi connectivity index (χ1n) is 6.83. The molecular weight excluding hydrogens is 288 g/mol. The lowest BCUT2D eigenvalue weighted by Gasteiger charge is -2.34. The zero-order chi connectivity index (χ0) is 15.4. The fraction of sp³-hybridized carbons (Fsp3) is 0.429. The summed E-state index contributed by atoms with van der Waals surface area (Å²) in [5.74, 6) is -0.374. The number of piperidine rings is 1. The number of hydrogen-bond acceptors (Lipinski definition) is 4. The third-order valence-corrected chi connectivity index (χ3v) is 3.82. The molecule has 112 valence electrons. The minimum Gasteiger partial charge on any atom is -0.389 e. The molecule has 1 aliphatic heterocycles. The number of amides is 2. The molecule has 0 bridgehead atoms. The molecule has 0 radical (unpaired) electrons. The summed E-state index contributed by atoms with van der Waals surface area (Å²) in [5, 5.41) is 2.61. The van der Waals surface area contributed by atoms with Crippen molar-refractivity contribution in [2.24, 2.45) is 5.73 Å². The highest BCUT2D eigenvalue weighted by Crippen LogP contribution is 2.19. The third-order valence-electron chi connectivity index (χ3n) is 3.58. The van der Waals surface area contributed by atoms with Crippen LogP contribution < -0.4 is 11.1 Å². The molecule has 7 heteroatoms. The zero-order valence-electron chi connectivity index (χ0n) is 11.8. The third kappa shape index (κ3) is 3.36. The van der Waals surface area contributed by atoms with Crippen LogP contribution in [0.4, 0.5) is 0 Å². The largest absolute Gasteiger partial charge is 0.389 e. The monoisotopic (exact) mass is 306 g/mol. The van der Waals surface area contributed by atoms with Crippen molar-refractivity contribution in [3.05, 3.63) is 29.6 Å². The van der Waals surface area contributed by atoms with Crippen LogP contribution in [-0.2, 0) is 4.79 Å². The Morgan fingerprint density at radius 2 is 2.19 bits per heavy atom. The normalized spacial score (nSPS) is 18.1. The van der Waals surface area contributed by atoms with E-state index in [9.17, 15) is 9.59 Å². The van der Waals surface area contributed by atoms with Gasteiger partial charge in [-0.15, -0.1) is 0 Å². The molecule has 2 heterocycles. The summed E-state index contributed by atoms with van der Waals surface area (Å²) in [6.45, 7) is 0.565. The van der Waals surface area contributed by atoms with Gasteiger partial charge in [0.25, 0.3) is 5.91 Å². The molecule has 1 unspecified atom stereocenters. The van der Waals surface area contributed by atoms with Crippen LogP contribution in [0.3, 0.4) is 0 Å². The van der Waals surface area contributed by atoms with E-state index in [2.05, 4.69) is 10.3 Å². The quantitative estimate of drug-likeness (QED) is 0.792. The molecule has 0 spiro atoms. The number of carbonyl (C=O) groups is 2. The van der Waals surface area contributed by atoms with Gasteiger partial charge in [-0.25, -0.2) is 0 Å². The summed E-state index contributed by atoms with van der Waals surface area (Å²) in [6.07, 6.45) is 3.99. The number of nitrogens with zero attached hydrogens (tertiary/aromatic N) is 2. The fourth-order valence-electron chi connectivity index (χ4n) is 2.43. The van der Waals surface area contributed by atoms with Crippen LogP contribution in [0.5, 0.6) is 0 Å². The van der Waals surface area contributed by atoms with Crippen LogP contribution in [0.2, 0.25) is 0 Å². The average molecular weight is 306 g/mol. The zero-order valence-corrected chi connectivity index (χ0v) is 12.7. The molecule has 1 aromatic heterocycles. The van der Waals surface area contributed by atoms with Crippen molar-refractivity contribution in [2.45, 2.75) is 25.3 Å². The Morgan fingerprint density at radius 3 is 2.76 bits per heavy atom. The first-order chi connectivity index (χ1) is 10.0. The summed E-state index contributed by atoms with van der Waals surface area (Å²) in [5.41, 5.74) is 6.42. The molecular formula is C14H18N4O2S. The summed E-state index contributed by atoms with van der Waals surface area (Å²) >= 11 is 4.85. The van der Waals surface area contributed by atoms with E-state index in [-0.39, 0.29) is 16.8 Å². The number of rotatable bonds is 3. The van der Waals surface area contributed by atoms with Crippen LogP contribution >= 0.6 is 12.2 Å². The van der Waals surface area contributed by atoms with Gasteiger partial charge in [0.1, 0.15) is 16.7 Å². The summed E-state index contributed by atoms with van der Waals surface area (Å²) in [6, 6.07) is 2.83. The second-order valence-electron chi connectivity index (χ2n) is 4.92. The van der Waals surface area contributed by atoms with E-state index >= 15 is 0 Å². The van der Waals surface area contributed by atoms with Crippen molar-refractivity contribution in [3.63, 3.8) is 0 Å². The smallest absolute Gasteiger partial charge is 0.273 e. The predicted octanol–water partition coefficient (Wildman–Crippen LogP) is 0.456. The second kappa shape index (κ2) is 6.62. The van der Waals surface area contributed by atoms with Gasteiger partial charge in [0.05, 0.1) is 0 Å². The number of aromatic nitrogens is 1. The molecule has 21 heavy (non-hydrogen) atoms. The van der Waals surface area contributed by atoms with Crippen molar-refractivity contribution < 1.29 is 9.59 Å². The first-order valence-corrected chi connectivity index (χ1v) is 7.24. The van der Waals surface area contributed by atoms with Gasteiger partial charge in [-0.2, -0.15) is 0 Å². The van der Waals surface area contributed by atoms with Gasteiger partial charge < -0.3 is 16.0 Å². The number of nitrogens with one attached hydrogen (secondary N) is 1. The molecule has 1 fully saturated rings. The van der Waals surface area contributed by atoms with Gasteiger partial charge in [-0.05, 0) is 31.4 Å². The highest BCUT2D eigenvalue weighted by molar-refractivity contribution is 7.80. The molecule has 0 aliphatic carbocycles. The SMILES string of the molecule is CNC(=O)C1CCCCN1C(=O)c1ccc(C(N)=S)cn1. The van der Waals surface area contributed by atoms with Crippen LogP contribution in [-0.4, -0.2) is 46.3 Å². The highest BCUT2D eigenvalue weighted by atomic mass is 32.1. The molecule has 0 aromatic carbocycles. The van der Waals surface area contributed by atoms with Crippen molar-refractivity contribution in [1.29, 1.82) is 0 Å². The van der Waals surface area contributed by atoms with Crippen molar-refractivity contribution in [3.8, 4) is 0 Å². The van der Waals surface area contributed by atoms with Crippen molar-refractivity contribution >= 4 is 29.0 Å². The second-order valence-corrected chi connectivity index (χ2v) is 5.36.